The summed E-state index contributed by atoms with van der Waals surface area (Å²) in [6.07, 6.45) is 3.05. The van der Waals surface area contributed by atoms with Crippen molar-refractivity contribution in [1.29, 1.82) is 0 Å². The SMILES string of the molecule is COc1ccc(-c2cnn(-c3nc(NCC4CC4)c4ncn([C@@H]5O[C@H](CO)[C@@H](O)[C@H]5O)c4n3)c2)cc1. The van der Waals surface area contributed by atoms with E-state index in [4.69, 9.17) is 19.4 Å². The maximum atomic E-state index is 10.6. The van der Waals surface area contributed by atoms with E-state index in [-0.39, 0.29) is 0 Å². The molecule has 0 amide bonds. The molecule has 2 aliphatic rings. The van der Waals surface area contributed by atoms with Gasteiger partial charge in [-0.05, 0) is 36.5 Å². The number of nitrogens with one attached hydrogen (secondary N) is 1. The maximum Gasteiger partial charge on any atom is 0.254 e. The number of anilines is 1. The van der Waals surface area contributed by atoms with E-state index in [1.165, 1.54) is 19.2 Å². The summed E-state index contributed by atoms with van der Waals surface area (Å²) in [4.78, 5) is 13.9. The third kappa shape index (κ3) is 4.07. The Hall–Kier alpha value is -3.58. The van der Waals surface area contributed by atoms with Crippen molar-refractivity contribution in [2.75, 3.05) is 25.6 Å². The van der Waals surface area contributed by atoms with Crippen LogP contribution < -0.4 is 10.1 Å². The largest absolute Gasteiger partial charge is 0.497 e. The number of imidazole rings is 1. The van der Waals surface area contributed by atoms with Gasteiger partial charge in [0.15, 0.2) is 23.2 Å². The molecule has 36 heavy (non-hydrogen) atoms. The third-order valence-electron chi connectivity index (χ3n) is 6.67. The van der Waals surface area contributed by atoms with Crippen LogP contribution in [0.2, 0.25) is 0 Å². The van der Waals surface area contributed by atoms with Crippen LogP contribution in [0.5, 0.6) is 5.75 Å². The molecule has 6 rings (SSSR count). The molecule has 1 aliphatic heterocycles. The van der Waals surface area contributed by atoms with E-state index in [0.717, 1.165) is 23.4 Å². The molecule has 0 unspecified atom stereocenters. The Kier molecular flexibility index (Phi) is 5.80. The van der Waals surface area contributed by atoms with Gasteiger partial charge < -0.3 is 30.1 Å². The van der Waals surface area contributed by atoms with Gasteiger partial charge >= 0.3 is 0 Å². The zero-order valence-electron chi connectivity index (χ0n) is 19.6. The topological polar surface area (TPSA) is 153 Å². The van der Waals surface area contributed by atoms with E-state index in [2.05, 4.69) is 15.4 Å². The average molecular weight is 494 g/mol. The van der Waals surface area contributed by atoms with Crippen LogP contribution in [0, 0.1) is 5.92 Å². The van der Waals surface area contributed by atoms with E-state index in [1.807, 2.05) is 30.5 Å². The third-order valence-corrected chi connectivity index (χ3v) is 6.67. The van der Waals surface area contributed by atoms with E-state index < -0.39 is 31.1 Å². The second-order valence-electron chi connectivity index (χ2n) is 9.15. The molecule has 0 spiro atoms. The number of fused-ring (bicyclic) bond motifs is 1. The lowest BCUT2D eigenvalue weighted by molar-refractivity contribution is -0.0511. The van der Waals surface area contributed by atoms with Crippen molar-refractivity contribution in [1.82, 2.24) is 29.3 Å². The molecular formula is C24H27N7O5. The molecule has 188 valence electrons. The summed E-state index contributed by atoms with van der Waals surface area (Å²) in [5.74, 6) is 2.24. The minimum Gasteiger partial charge on any atom is -0.497 e. The van der Waals surface area contributed by atoms with Crippen LogP contribution in [-0.4, -0.2) is 83.2 Å². The number of methoxy groups -OCH3 is 1. The van der Waals surface area contributed by atoms with Crippen LogP contribution in [0.4, 0.5) is 5.82 Å². The lowest BCUT2D eigenvalue weighted by Crippen LogP contribution is -2.33. The summed E-state index contributed by atoms with van der Waals surface area (Å²) in [7, 11) is 1.63. The number of hydrogen-bond donors (Lipinski definition) is 4. The second kappa shape index (κ2) is 9.13. The fourth-order valence-corrected chi connectivity index (χ4v) is 4.35. The number of benzene rings is 1. The summed E-state index contributed by atoms with van der Waals surface area (Å²) in [6.45, 7) is 0.347. The number of aromatic nitrogens is 6. The summed E-state index contributed by atoms with van der Waals surface area (Å²) < 4.78 is 14.1. The predicted molar refractivity (Wildman–Crippen MR) is 129 cm³/mol. The van der Waals surface area contributed by atoms with Gasteiger partial charge in [-0.2, -0.15) is 15.1 Å². The Labute approximate surface area is 206 Å². The second-order valence-corrected chi connectivity index (χ2v) is 9.15. The van der Waals surface area contributed by atoms with Gasteiger partial charge in [0.25, 0.3) is 5.95 Å². The first-order chi connectivity index (χ1) is 17.6. The van der Waals surface area contributed by atoms with Crippen molar-refractivity contribution in [3.05, 3.63) is 43.0 Å². The summed E-state index contributed by atoms with van der Waals surface area (Å²) >= 11 is 0. The monoisotopic (exact) mass is 493 g/mol. The predicted octanol–water partition coefficient (Wildman–Crippen LogP) is 1.12. The van der Waals surface area contributed by atoms with Crippen molar-refractivity contribution in [3.63, 3.8) is 0 Å². The summed E-state index contributed by atoms with van der Waals surface area (Å²) in [6, 6.07) is 7.66. The first-order valence-electron chi connectivity index (χ1n) is 11.9. The molecule has 3 aromatic heterocycles. The number of ether oxygens (including phenoxy) is 2. The molecule has 0 radical (unpaired) electrons. The molecule has 4 heterocycles. The van der Waals surface area contributed by atoms with Crippen molar-refractivity contribution in [3.8, 4) is 22.8 Å². The molecule has 1 aliphatic carbocycles. The Bertz CT molecular complexity index is 1370. The van der Waals surface area contributed by atoms with Gasteiger partial charge in [0.05, 0.1) is 26.2 Å². The lowest BCUT2D eigenvalue weighted by atomic mass is 10.1. The molecule has 1 saturated heterocycles. The first kappa shape index (κ1) is 22.9. The summed E-state index contributed by atoms with van der Waals surface area (Å²) in [5, 5.41) is 38.2. The highest BCUT2D eigenvalue weighted by Gasteiger charge is 2.44. The van der Waals surface area contributed by atoms with Crippen molar-refractivity contribution >= 4 is 17.0 Å². The van der Waals surface area contributed by atoms with Crippen LogP contribution in [0.15, 0.2) is 43.0 Å². The fourth-order valence-electron chi connectivity index (χ4n) is 4.35. The Morgan fingerprint density at radius 1 is 1.11 bits per heavy atom. The molecule has 1 aromatic carbocycles. The van der Waals surface area contributed by atoms with Crippen LogP contribution in [0.25, 0.3) is 28.2 Å². The zero-order chi connectivity index (χ0) is 24.8. The first-order valence-corrected chi connectivity index (χ1v) is 11.9. The van der Waals surface area contributed by atoms with E-state index in [9.17, 15) is 15.3 Å². The molecule has 12 nitrogen and oxygen atoms in total. The minimum absolute atomic E-state index is 0.314. The van der Waals surface area contributed by atoms with Gasteiger partial charge in [-0.15, -0.1) is 0 Å². The van der Waals surface area contributed by atoms with Crippen LogP contribution in [0.3, 0.4) is 0 Å². The van der Waals surface area contributed by atoms with Gasteiger partial charge in [-0.3, -0.25) is 4.57 Å². The van der Waals surface area contributed by atoms with Crippen LogP contribution in [0.1, 0.15) is 19.1 Å². The Morgan fingerprint density at radius 3 is 2.61 bits per heavy atom. The highest BCUT2D eigenvalue weighted by molar-refractivity contribution is 5.83. The van der Waals surface area contributed by atoms with E-state index in [0.29, 0.717) is 28.8 Å². The molecule has 4 aromatic rings. The molecule has 12 heteroatoms. The van der Waals surface area contributed by atoms with Crippen LogP contribution >= 0.6 is 0 Å². The highest BCUT2D eigenvalue weighted by atomic mass is 16.6. The number of hydrogen-bond acceptors (Lipinski definition) is 10. The maximum absolute atomic E-state index is 10.6. The van der Waals surface area contributed by atoms with Gasteiger partial charge in [-0.25, -0.2) is 9.67 Å². The number of rotatable bonds is 8. The van der Waals surface area contributed by atoms with Crippen LogP contribution in [-0.2, 0) is 4.74 Å². The van der Waals surface area contributed by atoms with E-state index in [1.54, 1.807) is 22.6 Å². The van der Waals surface area contributed by atoms with Crippen molar-refractivity contribution in [2.45, 2.75) is 37.4 Å². The summed E-state index contributed by atoms with van der Waals surface area (Å²) in [5.41, 5.74) is 2.77. The van der Waals surface area contributed by atoms with Gasteiger partial charge in [-0.1, -0.05) is 12.1 Å². The Balaban J connectivity index is 1.39. The average Bonchev–Trinajstić information content (AvgIpc) is 3.30. The fraction of sp³-hybridized carbons (Fsp3) is 0.417. The van der Waals surface area contributed by atoms with Crippen molar-refractivity contribution in [2.24, 2.45) is 5.92 Å². The van der Waals surface area contributed by atoms with Crippen molar-refractivity contribution < 1.29 is 24.8 Å². The van der Waals surface area contributed by atoms with Gasteiger partial charge in [0.1, 0.15) is 24.1 Å². The standard InChI is InChI=1S/C24H27N7O5/c1-35-16-6-4-14(5-7-16)15-9-27-31(10-15)24-28-21(25-8-13-2-3-13)18-22(29-24)30(12-26-18)23-20(34)19(33)17(11-32)36-23/h4-7,9-10,12-13,17,19-20,23,32-34H,2-3,8,11H2,1H3,(H,25,28,29)/t17-,19-,20-,23-/m1/s1. The Morgan fingerprint density at radius 2 is 1.92 bits per heavy atom. The number of aliphatic hydroxyl groups excluding tert-OH is 3. The zero-order valence-corrected chi connectivity index (χ0v) is 19.6. The van der Waals surface area contributed by atoms with Gasteiger partial charge in [0, 0.05) is 18.3 Å². The smallest absolute Gasteiger partial charge is 0.254 e. The molecular weight excluding hydrogens is 466 g/mol. The molecule has 2 fully saturated rings. The highest BCUT2D eigenvalue weighted by Crippen LogP contribution is 2.34. The number of aliphatic hydroxyl groups is 3. The molecule has 4 atom stereocenters. The molecule has 0 bridgehead atoms. The number of nitrogens with zero attached hydrogens (tertiary/aromatic N) is 6. The molecule has 1 saturated carbocycles. The lowest BCUT2D eigenvalue weighted by Gasteiger charge is -2.17. The van der Waals surface area contributed by atoms with E-state index >= 15 is 0 Å². The quantitative estimate of drug-likeness (QED) is 0.281. The normalized spacial score (nSPS) is 23.9. The minimum atomic E-state index is -1.26. The van der Waals surface area contributed by atoms with Gasteiger partial charge in [0.2, 0.25) is 0 Å². The molecule has 4 N–H and O–H groups in total.